The number of pyridine rings is 1. The molecule has 0 radical (unpaired) electrons. The highest BCUT2D eigenvalue weighted by Gasteiger charge is 2.22. The zero-order chi connectivity index (χ0) is 26.6. The number of benzene rings is 1. The molecule has 36 heavy (non-hydrogen) atoms. The van der Waals surface area contributed by atoms with E-state index in [0.29, 0.717) is 18.0 Å². The number of nitrogens with one attached hydrogen (secondary N) is 1. The second kappa shape index (κ2) is 10.7. The largest absolute Gasteiger partial charge is 0.481 e. The van der Waals surface area contributed by atoms with Crippen LogP contribution in [0.1, 0.15) is 61.1 Å². The zero-order valence-electron chi connectivity index (χ0n) is 21.1. The van der Waals surface area contributed by atoms with Crippen LogP contribution in [0.25, 0.3) is 11.0 Å². The highest BCUT2D eigenvalue weighted by atomic mass is 16.4. The smallest absolute Gasteiger partial charge is 0.326 e. The van der Waals surface area contributed by atoms with Crippen LogP contribution < -0.4 is 10.2 Å². The first-order chi connectivity index (χ1) is 16.8. The van der Waals surface area contributed by atoms with E-state index in [0.717, 1.165) is 22.3 Å². The molecule has 10 heteroatoms. The Morgan fingerprint density at radius 3 is 2.33 bits per heavy atom. The summed E-state index contributed by atoms with van der Waals surface area (Å²) >= 11 is 0. The van der Waals surface area contributed by atoms with E-state index in [-0.39, 0.29) is 23.8 Å². The van der Waals surface area contributed by atoms with Crippen molar-refractivity contribution in [2.75, 3.05) is 11.9 Å². The number of carbonyl (C=O) groups excluding carboxylic acids is 1. The van der Waals surface area contributed by atoms with Crippen LogP contribution in [0.4, 0.5) is 5.69 Å². The third-order valence-corrected chi connectivity index (χ3v) is 5.67. The maximum atomic E-state index is 12.5. The lowest BCUT2D eigenvalue weighted by Crippen LogP contribution is -2.41. The monoisotopic (exact) mass is 493 g/mol. The number of aromatic nitrogens is 3. The Balaban J connectivity index is 1.74. The number of carbonyl (C=O) groups is 3. The molecule has 1 atom stereocenters. The molecule has 0 aliphatic carbocycles. The van der Waals surface area contributed by atoms with E-state index in [2.05, 4.69) is 47.1 Å². The van der Waals surface area contributed by atoms with Gasteiger partial charge in [-0.15, -0.1) is 0 Å². The SMILES string of the molecule is Cc1nc(C(C)(C)C)c2cc(CN(C)c3ccc(C(=O)NC(CCC(=O)O)C(=O)O)cc3)cnc2n1. The quantitative estimate of drug-likeness (QED) is 0.408. The number of aliphatic carboxylic acids is 2. The number of amides is 1. The van der Waals surface area contributed by atoms with Crippen molar-refractivity contribution in [2.24, 2.45) is 0 Å². The molecule has 1 aromatic carbocycles. The van der Waals surface area contributed by atoms with Crippen LogP contribution in [0, 0.1) is 6.92 Å². The Hall–Kier alpha value is -4.08. The van der Waals surface area contributed by atoms with Gasteiger partial charge in [-0.3, -0.25) is 9.59 Å². The average molecular weight is 494 g/mol. The van der Waals surface area contributed by atoms with Gasteiger partial charge in [-0.05, 0) is 49.2 Å². The second-order valence-corrected chi connectivity index (χ2v) is 9.78. The molecule has 0 saturated carbocycles. The lowest BCUT2D eigenvalue weighted by molar-refractivity contribution is -0.140. The van der Waals surface area contributed by atoms with Gasteiger partial charge in [-0.1, -0.05) is 20.8 Å². The topological polar surface area (TPSA) is 146 Å². The van der Waals surface area contributed by atoms with Crippen molar-refractivity contribution in [1.29, 1.82) is 0 Å². The van der Waals surface area contributed by atoms with Crippen LogP contribution in [0.5, 0.6) is 0 Å². The summed E-state index contributed by atoms with van der Waals surface area (Å²) in [6.07, 6.45) is 1.24. The van der Waals surface area contributed by atoms with Gasteiger partial charge in [-0.25, -0.2) is 19.7 Å². The van der Waals surface area contributed by atoms with Crippen molar-refractivity contribution in [1.82, 2.24) is 20.3 Å². The molecule has 2 aromatic heterocycles. The van der Waals surface area contributed by atoms with Gasteiger partial charge in [0.15, 0.2) is 5.65 Å². The van der Waals surface area contributed by atoms with Gasteiger partial charge in [-0.2, -0.15) is 0 Å². The maximum Gasteiger partial charge on any atom is 0.326 e. The molecule has 1 unspecified atom stereocenters. The van der Waals surface area contributed by atoms with E-state index < -0.39 is 23.9 Å². The molecule has 0 saturated heterocycles. The predicted molar refractivity (Wildman–Crippen MR) is 135 cm³/mol. The van der Waals surface area contributed by atoms with Crippen molar-refractivity contribution in [3.63, 3.8) is 0 Å². The molecule has 3 aromatic rings. The highest BCUT2D eigenvalue weighted by molar-refractivity contribution is 5.97. The van der Waals surface area contributed by atoms with Crippen LogP contribution >= 0.6 is 0 Å². The first-order valence-corrected chi connectivity index (χ1v) is 11.6. The van der Waals surface area contributed by atoms with Crippen LogP contribution in [-0.4, -0.2) is 56.1 Å². The Morgan fingerprint density at radius 1 is 1.08 bits per heavy atom. The number of hydrogen-bond acceptors (Lipinski definition) is 7. The molecule has 10 nitrogen and oxygen atoms in total. The van der Waals surface area contributed by atoms with Gasteiger partial charge >= 0.3 is 11.9 Å². The molecule has 0 aliphatic rings. The minimum atomic E-state index is -1.28. The number of carboxylic acids is 2. The molecule has 3 rings (SSSR count). The fraction of sp³-hybridized carbons (Fsp3) is 0.385. The van der Waals surface area contributed by atoms with Gasteiger partial charge in [0.2, 0.25) is 0 Å². The van der Waals surface area contributed by atoms with Gasteiger partial charge in [0, 0.05) is 48.3 Å². The Bertz CT molecular complexity index is 1280. The molecule has 0 spiro atoms. The number of carboxylic acid groups (broad SMARTS) is 2. The molecule has 0 fully saturated rings. The summed E-state index contributed by atoms with van der Waals surface area (Å²) in [5.41, 5.74) is 3.55. The summed E-state index contributed by atoms with van der Waals surface area (Å²) in [5, 5.41) is 21.3. The minimum Gasteiger partial charge on any atom is -0.481 e. The fourth-order valence-corrected chi connectivity index (χ4v) is 3.82. The summed E-state index contributed by atoms with van der Waals surface area (Å²) in [5.74, 6) is -2.29. The number of rotatable bonds is 9. The summed E-state index contributed by atoms with van der Waals surface area (Å²) in [7, 11) is 1.92. The van der Waals surface area contributed by atoms with E-state index in [9.17, 15) is 19.5 Å². The predicted octanol–water partition coefficient (Wildman–Crippen LogP) is 3.31. The summed E-state index contributed by atoms with van der Waals surface area (Å²) in [4.78, 5) is 50.2. The molecule has 190 valence electrons. The molecule has 0 aliphatic heterocycles. The van der Waals surface area contributed by atoms with Gasteiger partial charge in [0.1, 0.15) is 11.9 Å². The standard InChI is InChI=1S/C26H31N5O5/c1-15-28-22(26(2,3)4)19-12-16(13-27-23(19)29-15)14-31(5)18-8-6-17(7-9-18)24(34)30-20(25(35)36)10-11-21(32)33/h6-9,12-13,20H,10-11,14H2,1-5H3,(H,30,34)(H,32,33)(H,35,36). The lowest BCUT2D eigenvalue weighted by Gasteiger charge is -2.22. The molecule has 3 N–H and O–H groups in total. The summed E-state index contributed by atoms with van der Waals surface area (Å²) < 4.78 is 0. The normalized spacial score (nSPS) is 12.2. The van der Waals surface area contributed by atoms with Crippen LogP contribution in [0.3, 0.4) is 0 Å². The first-order valence-electron chi connectivity index (χ1n) is 11.6. The van der Waals surface area contributed by atoms with E-state index >= 15 is 0 Å². The molecule has 1 amide bonds. The Labute approximate surface area is 209 Å². The minimum absolute atomic E-state index is 0.165. The average Bonchev–Trinajstić information content (AvgIpc) is 2.80. The summed E-state index contributed by atoms with van der Waals surface area (Å²) in [6.45, 7) is 8.74. The van der Waals surface area contributed by atoms with Crippen LogP contribution in [0.2, 0.25) is 0 Å². The highest BCUT2D eigenvalue weighted by Crippen LogP contribution is 2.28. The number of aryl methyl sites for hydroxylation is 1. The first kappa shape index (κ1) is 26.5. The van der Waals surface area contributed by atoms with E-state index in [1.165, 1.54) is 0 Å². The van der Waals surface area contributed by atoms with Crippen LogP contribution in [0.15, 0.2) is 36.5 Å². The van der Waals surface area contributed by atoms with Crippen molar-refractivity contribution < 1.29 is 24.6 Å². The van der Waals surface area contributed by atoms with Gasteiger partial charge in [0.25, 0.3) is 5.91 Å². The van der Waals surface area contributed by atoms with Crippen molar-refractivity contribution in [3.8, 4) is 0 Å². The molecule has 2 heterocycles. The van der Waals surface area contributed by atoms with Gasteiger partial charge < -0.3 is 20.4 Å². The van der Waals surface area contributed by atoms with E-state index in [1.807, 2.05) is 18.9 Å². The van der Waals surface area contributed by atoms with Crippen molar-refractivity contribution >= 4 is 34.6 Å². The zero-order valence-corrected chi connectivity index (χ0v) is 21.1. The van der Waals surface area contributed by atoms with Crippen molar-refractivity contribution in [3.05, 3.63) is 59.2 Å². The van der Waals surface area contributed by atoms with E-state index in [4.69, 9.17) is 5.11 Å². The second-order valence-electron chi connectivity index (χ2n) is 9.78. The van der Waals surface area contributed by atoms with Gasteiger partial charge in [0.05, 0.1) is 5.69 Å². The number of hydrogen-bond donors (Lipinski definition) is 3. The molecular formula is C26H31N5O5. The van der Waals surface area contributed by atoms with E-state index in [1.54, 1.807) is 30.5 Å². The lowest BCUT2D eigenvalue weighted by atomic mass is 9.89. The number of fused-ring (bicyclic) bond motifs is 1. The van der Waals surface area contributed by atoms with Crippen molar-refractivity contribution in [2.45, 2.75) is 58.5 Å². The van der Waals surface area contributed by atoms with Crippen LogP contribution in [-0.2, 0) is 21.5 Å². The number of nitrogens with zero attached hydrogens (tertiary/aromatic N) is 4. The fourth-order valence-electron chi connectivity index (χ4n) is 3.82. The Morgan fingerprint density at radius 2 is 1.75 bits per heavy atom. The Kier molecular flexibility index (Phi) is 7.87. The third-order valence-electron chi connectivity index (χ3n) is 5.67. The maximum absolute atomic E-state index is 12.5. The molecular weight excluding hydrogens is 462 g/mol. The summed E-state index contributed by atoms with van der Waals surface area (Å²) in [6, 6.07) is 7.52. The number of anilines is 1. The third kappa shape index (κ3) is 6.53. The molecule has 0 bridgehead atoms.